The maximum Gasteiger partial charge on any atom is 0.0979 e. The molecule has 0 heterocycles. The zero-order chi connectivity index (χ0) is 19.2. The molecule has 1 fully saturated rings. The Morgan fingerprint density at radius 2 is 1.56 bits per heavy atom. The highest BCUT2D eigenvalue weighted by atomic mass is 16.5. The van der Waals surface area contributed by atoms with E-state index in [4.69, 9.17) is 4.74 Å². The molecule has 152 valence electrons. The summed E-state index contributed by atoms with van der Waals surface area (Å²) in [5, 5.41) is 0. The highest BCUT2D eigenvalue weighted by molar-refractivity contribution is 5.24. The van der Waals surface area contributed by atoms with E-state index in [2.05, 4.69) is 39.8 Å². The van der Waals surface area contributed by atoms with Crippen LogP contribution >= 0.6 is 0 Å². The van der Waals surface area contributed by atoms with Gasteiger partial charge in [-0.3, -0.25) is 0 Å². The molecule has 3 rings (SSSR count). The predicted octanol–water partition coefficient (Wildman–Crippen LogP) is 7.99. The molecule has 1 heteroatoms. The van der Waals surface area contributed by atoms with E-state index in [1.807, 2.05) is 0 Å². The Morgan fingerprint density at radius 1 is 0.889 bits per heavy atom. The second kappa shape index (κ2) is 9.99. The summed E-state index contributed by atoms with van der Waals surface area (Å²) in [7, 11) is 0. The molecule has 0 aromatic carbocycles. The Kier molecular flexibility index (Phi) is 7.67. The minimum Gasteiger partial charge on any atom is -0.498 e. The smallest absolute Gasteiger partial charge is 0.0979 e. The molecule has 0 aromatic heterocycles. The first-order chi connectivity index (χ1) is 13.1. The molecule has 2 unspecified atom stereocenters. The van der Waals surface area contributed by atoms with Gasteiger partial charge < -0.3 is 4.74 Å². The third-order valence-electron chi connectivity index (χ3n) is 7.66. The van der Waals surface area contributed by atoms with E-state index >= 15 is 0 Å². The molecule has 1 nitrogen and oxygen atoms in total. The normalized spacial score (nSPS) is 32.1. The zero-order valence-corrected chi connectivity index (χ0v) is 18.4. The lowest BCUT2D eigenvalue weighted by Gasteiger charge is -2.36. The van der Waals surface area contributed by atoms with Crippen LogP contribution in [-0.4, -0.2) is 6.61 Å². The van der Waals surface area contributed by atoms with Gasteiger partial charge in [0, 0.05) is 5.92 Å². The molecule has 1 saturated carbocycles. The van der Waals surface area contributed by atoms with Crippen LogP contribution in [0.2, 0.25) is 0 Å². The molecule has 0 N–H and O–H groups in total. The predicted molar refractivity (Wildman–Crippen MR) is 117 cm³/mol. The summed E-state index contributed by atoms with van der Waals surface area (Å²) in [5.41, 5.74) is 4.86. The molecule has 0 bridgehead atoms. The zero-order valence-electron chi connectivity index (χ0n) is 18.4. The molecule has 0 aromatic rings. The molecule has 27 heavy (non-hydrogen) atoms. The van der Waals surface area contributed by atoms with Gasteiger partial charge in [-0.15, -0.1) is 0 Å². The molecule has 0 spiro atoms. The van der Waals surface area contributed by atoms with Gasteiger partial charge in [-0.25, -0.2) is 0 Å². The largest absolute Gasteiger partial charge is 0.498 e. The Hall–Kier alpha value is -0.980. The van der Waals surface area contributed by atoms with Crippen molar-refractivity contribution in [3.8, 4) is 0 Å². The molecule has 2 atom stereocenters. The molecular weight excluding hydrogens is 328 g/mol. The number of ether oxygens (including phenoxy) is 1. The summed E-state index contributed by atoms with van der Waals surface area (Å²) in [6, 6.07) is 0. The quantitative estimate of drug-likeness (QED) is 0.441. The van der Waals surface area contributed by atoms with Gasteiger partial charge in [0.05, 0.1) is 12.4 Å². The lowest BCUT2D eigenvalue weighted by molar-refractivity contribution is 0.130. The Balaban J connectivity index is 1.45. The van der Waals surface area contributed by atoms with Crippen molar-refractivity contribution < 1.29 is 4.74 Å². The fourth-order valence-electron chi connectivity index (χ4n) is 5.77. The number of allylic oxidation sites excluding steroid dienone is 6. The van der Waals surface area contributed by atoms with Gasteiger partial charge in [0.15, 0.2) is 0 Å². The van der Waals surface area contributed by atoms with Crippen LogP contribution in [0.3, 0.4) is 0 Å². The monoisotopic (exact) mass is 370 g/mol. The van der Waals surface area contributed by atoms with Crippen molar-refractivity contribution in [2.45, 2.75) is 98.3 Å². The van der Waals surface area contributed by atoms with Gasteiger partial charge in [0.25, 0.3) is 0 Å². The van der Waals surface area contributed by atoms with Crippen molar-refractivity contribution in [2.24, 2.45) is 23.7 Å². The van der Waals surface area contributed by atoms with Crippen molar-refractivity contribution in [3.05, 3.63) is 34.6 Å². The Morgan fingerprint density at radius 3 is 2.19 bits per heavy atom. The lowest BCUT2D eigenvalue weighted by atomic mass is 9.71. The van der Waals surface area contributed by atoms with Gasteiger partial charge in [-0.2, -0.15) is 0 Å². The third-order valence-corrected chi connectivity index (χ3v) is 7.66. The van der Waals surface area contributed by atoms with Crippen molar-refractivity contribution >= 4 is 0 Å². The number of rotatable bonds is 7. The van der Waals surface area contributed by atoms with E-state index in [9.17, 15) is 0 Å². The van der Waals surface area contributed by atoms with Gasteiger partial charge >= 0.3 is 0 Å². The van der Waals surface area contributed by atoms with E-state index in [1.165, 1.54) is 82.0 Å². The van der Waals surface area contributed by atoms with Crippen molar-refractivity contribution in [1.29, 1.82) is 0 Å². The van der Waals surface area contributed by atoms with Gasteiger partial charge in [0.2, 0.25) is 0 Å². The average Bonchev–Trinajstić information content (AvgIpc) is 2.69. The SMILES string of the molecule is CCOC1=C(C)CCC(CC2CCC(CC3=CC=C(CC)CC3)CC2)C1C. The molecule has 0 radical (unpaired) electrons. The summed E-state index contributed by atoms with van der Waals surface area (Å²) in [6.07, 6.45) is 20.0. The summed E-state index contributed by atoms with van der Waals surface area (Å²) in [4.78, 5) is 0. The van der Waals surface area contributed by atoms with Crippen LogP contribution in [0.4, 0.5) is 0 Å². The molecule has 0 amide bonds. The first-order valence-corrected chi connectivity index (χ1v) is 11.8. The van der Waals surface area contributed by atoms with E-state index in [0.717, 1.165) is 24.4 Å². The highest BCUT2D eigenvalue weighted by Gasteiger charge is 2.31. The average molecular weight is 371 g/mol. The summed E-state index contributed by atoms with van der Waals surface area (Å²) in [5.74, 6) is 4.71. The molecule has 3 aliphatic rings. The van der Waals surface area contributed by atoms with Crippen molar-refractivity contribution in [1.82, 2.24) is 0 Å². The summed E-state index contributed by atoms with van der Waals surface area (Å²) in [6.45, 7) is 9.92. The second-order valence-electron chi connectivity index (χ2n) is 9.49. The van der Waals surface area contributed by atoms with E-state index < -0.39 is 0 Å². The standard InChI is InChI=1S/C26H42O/c1-5-21-8-10-22(11-9-21)17-23-12-14-24(15-13-23)18-25-16-7-19(3)26(20(25)4)27-6-2/h8,10,20,23-25H,5-7,9,11-18H2,1-4H3. The minimum atomic E-state index is 0.628. The van der Waals surface area contributed by atoms with Crippen molar-refractivity contribution in [3.63, 3.8) is 0 Å². The van der Waals surface area contributed by atoms with Crippen LogP contribution < -0.4 is 0 Å². The lowest BCUT2D eigenvalue weighted by Crippen LogP contribution is -2.26. The highest BCUT2D eigenvalue weighted by Crippen LogP contribution is 2.43. The Labute approximate surface area is 168 Å². The molecule has 0 saturated heterocycles. The number of hydrogen-bond donors (Lipinski definition) is 0. The number of hydrogen-bond acceptors (Lipinski definition) is 1. The van der Waals surface area contributed by atoms with E-state index in [0.29, 0.717) is 5.92 Å². The Bertz CT molecular complexity index is 571. The van der Waals surface area contributed by atoms with Crippen LogP contribution in [0.25, 0.3) is 0 Å². The molecular formula is C26H42O. The van der Waals surface area contributed by atoms with Crippen LogP contribution in [-0.2, 0) is 4.74 Å². The van der Waals surface area contributed by atoms with Gasteiger partial charge in [-0.1, -0.05) is 50.0 Å². The first kappa shape index (κ1) is 20.7. The van der Waals surface area contributed by atoms with E-state index in [1.54, 1.807) is 11.1 Å². The molecule has 0 aliphatic heterocycles. The maximum atomic E-state index is 6.01. The van der Waals surface area contributed by atoms with Crippen LogP contribution in [0.1, 0.15) is 98.3 Å². The van der Waals surface area contributed by atoms with Crippen molar-refractivity contribution in [2.75, 3.05) is 6.61 Å². The fraction of sp³-hybridized carbons (Fsp3) is 0.769. The van der Waals surface area contributed by atoms with E-state index in [-0.39, 0.29) is 0 Å². The van der Waals surface area contributed by atoms with Crippen LogP contribution in [0.5, 0.6) is 0 Å². The second-order valence-corrected chi connectivity index (χ2v) is 9.49. The summed E-state index contributed by atoms with van der Waals surface area (Å²) >= 11 is 0. The van der Waals surface area contributed by atoms with Crippen LogP contribution in [0, 0.1) is 23.7 Å². The maximum absolute atomic E-state index is 6.01. The van der Waals surface area contributed by atoms with Crippen LogP contribution in [0.15, 0.2) is 34.6 Å². The minimum absolute atomic E-state index is 0.628. The first-order valence-electron chi connectivity index (χ1n) is 11.8. The topological polar surface area (TPSA) is 9.23 Å². The summed E-state index contributed by atoms with van der Waals surface area (Å²) < 4.78 is 6.01. The third kappa shape index (κ3) is 5.52. The molecule has 3 aliphatic carbocycles. The fourth-order valence-corrected chi connectivity index (χ4v) is 5.77. The van der Waals surface area contributed by atoms with Gasteiger partial charge in [-0.05, 0) is 95.0 Å². The van der Waals surface area contributed by atoms with Gasteiger partial charge in [0.1, 0.15) is 0 Å².